The van der Waals surface area contributed by atoms with Crippen molar-refractivity contribution in [1.29, 1.82) is 0 Å². The number of rotatable bonds is 3. The van der Waals surface area contributed by atoms with E-state index >= 15 is 0 Å². The maximum Gasteiger partial charge on any atom is 0.229 e. The van der Waals surface area contributed by atoms with Gasteiger partial charge in [0.25, 0.3) is 0 Å². The van der Waals surface area contributed by atoms with Crippen molar-refractivity contribution in [3.8, 4) is 0 Å². The van der Waals surface area contributed by atoms with E-state index in [1.165, 1.54) is 0 Å². The molecule has 0 aliphatic carbocycles. The molecular weight excluding hydrogens is 373 g/mol. The van der Waals surface area contributed by atoms with E-state index in [1.807, 2.05) is 24.3 Å². The Morgan fingerprint density at radius 3 is 2.77 bits per heavy atom. The minimum absolute atomic E-state index is 0. The number of piperazine rings is 1. The Bertz CT molecular complexity index is 625. The number of benzene rings is 1. The summed E-state index contributed by atoms with van der Waals surface area (Å²) in [5, 5.41) is 4.10. The number of carbonyl (C=O) groups excluding carboxylic acids is 1. The van der Waals surface area contributed by atoms with Gasteiger partial charge in [0.15, 0.2) is 0 Å². The number of hydrogen-bond donors (Lipinski definition) is 3. The number of likely N-dealkylation sites (tertiary alicyclic amines) is 1. The van der Waals surface area contributed by atoms with Crippen LogP contribution in [0.3, 0.4) is 0 Å². The molecule has 4 rings (SSSR count). The second-order valence-electron chi connectivity index (χ2n) is 7.18. The van der Waals surface area contributed by atoms with Crippen LogP contribution in [-0.2, 0) is 4.79 Å². The highest BCUT2D eigenvalue weighted by Crippen LogP contribution is 2.29. The Labute approximate surface area is 166 Å². The first-order valence-electron chi connectivity index (χ1n) is 9.20. The van der Waals surface area contributed by atoms with Crippen molar-refractivity contribution in [3.63, 3.8) is 0 Å². The van der Waals surface area contributed by atoms with Crippen molar-refractivity contribution < 1.29 is 4.79 Å². The largest absolute Gasteiger partial charge is 0.341 e. The summed E-state index contributed by atoms with van der Waals surface area (Å²) in [6.45, 7) is 6.67. The van der Waals surface area contributed by atoms with Crippen LogP contribution in [0.2, 0.25) is 5.02 Å². The second kappa shape index (κ2) is 8.87. The van der Waals surface area contributed by atoms with Gasteiger partial charge in [-0.2, -0.15) is 0 Å². The van der Waals surface area contributed by atoms with Crippen LogP contribution in [0.25, 0.3) is 0 Å². The molecule has 26 heavy (non-hydrogen) atoms. The molecule has 0 saturated carbocycles. The lowest BCUT2D eigenvalue weighted by atomic mass is 9.94. The van der Waals surface area contributed by atoms with Gasteiger partial charge in [-0.25, -0.2) is 5.43 Å². The van der Waals surface area contributed by atoms with Crippen LogP contribution >= 0.6 is 24.0 Å². The van der Waals surface area contributed by atoms with Crippen LogP contribution < -0.4 is 16.2 Å². The highest BCUT2D eigenvalue weighted by atomic mass is 35.5. The molecule has 0 aromatic heterocycles. The number of amides is 1. The molecule has 3 heterocycles. The predicted molar refractivity (Wildman–Crippen MR) is 105 cm³/mol. The fraction of sp³-hybridized carbons (Fsp3) is 0.611. The van der Waals surface area contributed by atoms with Crippen molar-refractivity contribution in [2.24, 2.45) is 5.92 Å². The lowest BCUT2D eigenvalue weighted by Crippen LogP contribution is -2.49. The first-order valence-corrected chi connectivity index (χ1v) is 9.57. The molecule has 1 amide bonds. The van der Waals surface area contributed by atoms with Gasteiger partial charge >= 0.3 is 0 Å². The average Bonchev–Trinajstić information content (AvgIpc) is 3.32. The second-order valence-corrected chi connectivity index (χ2v) is 7.61. The number of hydrogen-bond acceptors (Lipinski definition) is 5. The van der Waals surface area contributed by atoms with E-state index in [2.05, 4.69) is 26.0 Å². The summed E-state index contributed by atoms with van der Waals surface area (Å²) < 4.78 is 0. The molecule has 3 saturated heterocycles. The topological polar surface area (TPSA) is 59.6 Å². The van der Waals surface area contributed by atoms with Crippen LogP contribution in [0.4, 0.5) is 0 Å². The predicted octanol–water partition coefficient (Wildman–Crippen LogP) is 1.03. The molecular formula is C18H27Cl2N5O. The van der Waals surface area contributed by atoms with Gasteiger partial charge in [-0.15, -0.1) is 12.4 Å². The highest BCUT2D eigenvalue weighted by Gasteiger charge is 2.39. The normalized spacial score (nSPS) is 29.6. The van der Waals surface area contributed by atoms with Crippen molar-refractivity contribution >= 4 is 29.9 Å². The van der Waals surface area contributed by atoms with Crippen molar-refractivity contribution in [3.05, 3.63) is 34.9 Å². The minimum Gasteiger partial charge on any atom is -0.341 e. The first kappa shape index (κ1) is 19.9. The zero-order valence-electron chi connectivity index (χ0n) is 14.8. The fourth-order valence-electron chi connectivity index (χ4n) is 4.26. The Morgan fingerprint density at radius 2 is 2.00 bits per heavy atom. The smallest absolute Gasteiger partial charge is 0.229 e. The summed E-state index contributed by atoms with van der Waals surface area (Å²) in [6, 6.07) is 8.27. The lowest BCUT2D eigenvalue weighted by Gasteiger charge is -2.33. The molecule has 0 spiro atoms. The van der Waals surface area contributed by atoms with E-state index in [-0.39, 0.29) is 30.3 Å². The Morgan fingerprint density at radius 1 is 1.19 bits per heavy atom. The van der Waals surface area contributed by atoms with Gasteiger partial charge in [-0.05, 0) is 24.1 Å². The molecule has 0 radical (unpaired) electrons. The van der Waals surface area contributed by atoms with E-state index in [0.29, 0.717) is 17.6 Å². The van der Waals surface area contributed by atoms with Crippen LogP contribution in [0.1, 0.15) is 18.0 Å². The Balaban J connectivity index is 0.00000196. The van der Waals surface area contributed by atoms with Gasteiger partial charge in [-0.1, -0.05) is 23.7 Å². The Hall–Kier alpha value is -0.890. The molecule has 3 fully saturated rings. The summed E-state index contributed by atoms with van der Waals surface area (Å²) in [4.78, 5) is 17.7. The zero-order valence-corrected chi connectivity index (χ0v) is 16.4. The van der Waals surface area contributed by atoms with Crippen molar-refractivity contribution in [1.82, 2.24) is 26.0 Å². The van der Waals surface area contributed by atoms with Crippen LogP contribution in [0, 0.1) is 5.92 Å². The van der Waals surface area contributed by atoms with Gasteiger partial charge in [0, 0.05) is 56.9 Å². The summed E-state index contributed by atoms with van der Waals surface area (Å²) >= 11 is 6.13. The molecule has 3 unspecified atom stereocenters. The third-order valence-corrected chi connectivity index (χ3v) is 5.89. The standard InChI is InChI=1S/C18H26ClN5O.ClH/c19-14-3-1-2-13(10-14)17-16(11-21-22-17)18(25)24-7-4-15(12-24)23-8-5-20-6-9-23;/h1-3,10,15-17,20-22H,4-9,11-12H2;1H. The minimum atomic E-state index is -0.0831. The number of halogens is 2. The van der Waals surface area contributed by atoms with E-state index in [0.717, 1.165) is 51.3 Å². The summed E-state index contributed by atoms with van der Waals surface area (Å²) in [5.41, 5.74) is 7.48. The summed E-state index contributed by atoms with van der Waals surface area (Å²) in [7, 11) is 0. The highest BCUT2D eigenvalue weighted by molar-refractivity contribution is 6.30. The van der Waals surface area contributed by atoms with Gasteiger partial charge in [0.2, 0.25) is 5.91 Å². The molecule has 8 heteroatoms. The number of nitrogens with one attached hydrogen (secondary N) is 3. The van der Waals surface area contributed by atoms with E-state index in [4.69, 9.17) is 11.6 Å². The maximum absolute atomic E-state index is 13.1. The third-order valence-electron chi connectivity index (χ3n) is 5.65. The molecule has 144 valence electrons. The molecule has 3 aliphatic rings. The van der Waals surface area contributed by atoms with Crippen LogP contribution in [-0.4, -0.2) is 67.6 Å². The van der Waals surface area contributed by atoms with E-state index in [9.17, 15) is 4.79 Å². The van der Waals surface area contributed by atoms with Crippen molar-refractivity contribution in [2.45, 2.75) is 18.5 Å². The van der Waals surface area contributed by atoms with E-state index < -0.39 is 0 Å². The lowest BCUT2D eigenvalue weighted by molar-refractivity contribution is -0.134. The SMILES string of the molecule is Cl.O=C(C1CNNC1c1cccc(Cl)c1)N1CCC(N2CCNCC2)C1. The summed E-state index contributed by atoms with van der Waals surface area (Å²) in [5.74, 6) is 0.167. The number of carbonyl (C=O) groups is 1. The van der Waals surface area contributed by atoms with Gasteiger partial charge in [0.05, 0.1) is 12.0 Å². The fourth-order valence-corrected chi connectivity index (χ4v) is 4.46. The van der Waals surface area contributed by atoms with Gasteiger partial charge in [0.1, 0.15) is 0 Å². The molecule has 0 bridgehead atoms. The number of hydrazine groups is 1. The van der Waals surface area contributed by atoms with Gasteiger partial charge in [-0.3, -0.25) is 15.1 Å². The summed E-state index contributed by atoms with van der Waals surface area (Å²) in [6.07, 6.45) is 1.08. The molecule has 3 aliphatic heterocycles. The Kier molecular flexibility index (Phi) is 6.77. The first-order chi connectivity index (χ1) is 12.2. The van der Waals surface area contributed by atoms with Crippen LogP contribution in [0.15, 0.2) is 24.3 Å². The maximum atomic E-state index is 13.1. The molecule has 1 aromatic rings. The van der Waals surface area contributed by atoms with Gasteiger partial charge < -0.3 is 10.2 Å². The van der Waals surface area contributed by atoms with Crippen molar-refractivity contribution in [2.75, 3.05) is 45.8 Å². The van der Waals surface area contributed by atoms with Crippen LogP contribution in [0.5, 0.6) is 0 Å². The number of nitrogens with zero attached hydrogens (tertiary/aromatic N) is 2. The molecule has 3 atom stereocenters. The quantitative estimate of drug-likeness (QED) is 0.708. The average molecular weight is 400 g/mol. The zero-order chi connectivity index (χ0) is 17.2. The monoisotopic (exact) mass is 399 g/mol. The molecule has 6 nitrogen and oxygen atoms in total. The van der Waals surface area contributed by atoms with E-state index in [1.54, 1.807) is 0 Å². The molecule has 1 aromatic carbocycles. The third kappa shape index (κ3) is 4.16. The molecule has 3 N–H and O–H groups in total.